The smallest absolute Gasteiger partial charge is 0.118 e. The average molecular weight is 301 g/mol. The lowest BCUT2D eigenvalue weighted by Gasteiger charge is -2.21. The Labute approximate surface area is 112 Å². The molecule has 0 bridgehead atoms. The quantitative estimate of drug-likeness (QED) is 0.698. The van der Waals surface area contributed by atoms with Crippen LogP contribution in [-0.2, 0) is 4.74 Å². The first-order chi connectivity index (χ1) is 8.21. The van der Waals surface area contributed by atoms with E-state index in [1.165, 1.54) is 5.56 Å². The largest absolute Gasteiger partial charge is 0.497 e. The minimum atomic E-state index is 0.113. The molecule has 96 valence electrons. The third kappa shape index (κ3) is 4.68. The van der Waals surface area contributed by atoms with Crippen LogP contribution in [0.5, 0.6) is 5.75 Å². The van der Waals surface area contributed by atoms with Gasteiger partial charge in [0.15, 0.2) is 0 Å². The predicted octanol–water partition coefficient (Wildman–Crippen LogP) is 4.34. The molecular formula is C14H21BrO2. The standard InChI is InChI=1S/C14H21BrO2/c1-4-5-11(2)17-14(10-15)12-6-8-13(16-3)9-7-12/h6-9,11,14H,4-5,10H2,1-3H3. The van der Waals surface area contributed by atoms with E-state index < -0.39 is 0 Å². The number of hydrogen-bond donors (Lipinski definition) is 0. The maximum absolute atomic E-state index is 6.01. The molecule has 0 fully saturated rings. The maximum atomic E-state index is 6.01. The molecule has 0 aromatic heterocycles. The normalized spacial score (nSPS) is 14.4. The maximum Gasteiger partial charge on any atom is 0.118 e. The fraction of sp³-hybridized carbons (Fsp3) is 0.571. The Morgan fingerprint density at radius 1 is 1.24 bits per heavy atom. The summed E-state index contributed by atoms with van der Waals surface area (Å²) in [5.74, 6) is 0.878. The fourth-order valence-corrected chi connectivity index (χ4v) is 2.30. The topological polar surface area (TPSA) is 18.5 Å². The highest BCUT2D eigenvalue weighted by atomic mass is 79.9. The molecule has 0 heterocycles. The molecule has 0 aliphatic carbocycles. The summed E-state index contributed by atoms with van der Waals surface area (Å²) in [5.41, 5.74) is 1.19. The van der Waals surface area contributed by atoms with Crippen LogP contribution in [0.4, 0.5) is 0 Å². The Morgan fingerprint density at radius 3 is 2.35 bits per heavy atom. The second-order valence-electron chi connectivity index (χ2n) is 4.15. The summed E-state index contributed by atoms with van der Waals surface area (Å²) in [6, 6.07) is 8.06. The van der Waals surface area contributed by atoms with Gasteiger partial charge >= 0.3 is 0 Å². The molecular weight excluding hydrogens is 280 g/mol. The number of hydrogen-bond acceptors (Lipinski definition) is 2. The molecule has 17 heavy (non-hydrogen) atoms. The lowest BCUT2D eigenvalue weighted by atomic mass is 10.1. The van der Waals surface area contributed by atoms with Crippen molar-refractivity contribution in [3.8, 4) is 5.75 Å². The molecule has 3 heteroatoms. The van der Waals surface area contributed by atoms with Gasteiger partial charge in [-0.15, -0.1) is 0 Å². The van der Waals surface area contributed by atoms with Gasteiger partial charge in [-0.3, -0.25) is 0 Å². The number of ether oxygens (including phenoxy) is 2. The molecule has 0 saturated carbocycles. The summed E-state index contributed by atoms with van der Waals surface area (Å²) >= 11 is 3.51. The van der Waals surface area contributed by atoms with Crippen molar-refractivity contribution in [2.75, 3.05) is 12.4 Å². The van der Waals surface area contributed by atoms with Crippen molar-refractivity contribution in [2.24, 2.45) is 0 Å². The second kappa shape index (κ2) is 7.72. The van der Waals surface area contributed by atoms with Crippen LogP contribution in [0.25, 0.3) is 0 Å². The van der Waals surface area contributed by atoms with Crippen LogP contribution in [0.15, 0.2) is 24.3 Å². The van der Waals surface area contributed by atoms with E-state index in [0.29, 0.717) is 6.10 Å². The van der Waals surface area contributed by atoms with Crippen LogP contribution in [0.1, 0.15) is 38.4 Å². The van der Waals surface area contributed by atoms with Gasteiger partial charge in [0.05, 0.1) is 19.3 Å². The molecule has 2 unspecified atom stereocenters. The highest BCUT2D eigenvalue weighted by Crippen LogP contribution is 2.24. The lowest BCUT2D eigenvalue weighted by Crippen LogP contribution is -2.14. The summed E-state index contributed by atoms with van der Waals surface area (Å²) in [7, 11) is 1.68. The van der Waals surface area contributed by atoms with E-state index in [9.17, 15) is 0 Å². The molecule has 0 radical (unpaired) electrons. The summed E-state index contributed by atoms with van der Waals surface area (Å²) in [6.07, 6.45) is 2.66. The van der Waals surface area contributed by atoms with Crippen molar-refractivity contribution < 1.29 is 9.47 Å². The summed E-state index contributed by atoms with van der Waals surface area (Å²) < 4.78 is 11.2. The van der Waals surface area contributed by atoms with E-state index in [1.807, 2.05) is 12.1 Å². The van der Waals surface area contributed by atoms with Crippen LogP contribution in [0, 0.1) is 0 Å². The molecule has 1 rings (SSSR count). The number of halogens is 1. The molecule has 1 aromatic rings. The van der Waals surface area contributed by atoms with Crippen LogP contribution in [-0.4, -0.2) is 18.5 Å². The first-order valence-corrected chi connectivity index (χ1v) is 7.18. The van der Waals surface area contributed by atoms with E-state index in [4.69, 9.17) is 9.47 Å². The Balaban J connectivity index is 2.65. The Morgan fingerprint density at radius 2 is 1.88 bits per heavy atom. The number of benzene rings is 1. The van der Waals surface area contributed by atoms with Gasteiger partial charge in [-0.2, -0.15) is 0 Å². The highest BCUT2D eigenvalue weighted by Gasteiger charge is 2.14. The fourth-order valence-electron chi connectivity index (χ4n) is 1.78. The third-order valence-corrected chi connectivity index (χ3v) is 3.31. The van der Waals surface area contributed by atoms with Crippen LogP contribution >= 0.6 is 15.9 Å². The predicted molar refractivity (Wildman–Crippen MR) is 75.0 cm³/mol. The van der Waals surface area contributed by atoms with Crippen LogP contribution < -0.4 is 4.74 Å². The second-order valence-corrected chi connectivity index (χ2v) is 4.80. The molecule has 0 aliphatic rings. The SMILES string of the molecule is CCCC(C)OC(CBr)c1ccc(OC)cc1. The van der Waals surface area contributed by atoms with Crippen LogP contribution in [0.3, 0.4) is 0 Å². The summed E-state index contributed by atoms with van der Waals surface area (Å²) in [6.45, 7) is 4.30. The van der Waals surface area contributed by atoms with E-state index in [2.05, 4.69) is 41.9 Å². The zero-order valence-corrected chi connectivity index (χ0v) is 12.4. The zero-order valence-electron chi connectivity index (χ0n) is 10.8. The molecule has 1 aromatic carbocycles. The molecule has 0 saturated heterocycles. The molecule has 0 spiro atoms. The first-order valence-electron chi connectivity index (χ1n) is 6.06. The molecule has 0 aliphatic heterocycles. The molecule has 0 amide bonds. The van der Waals surface area contributed by atoms with E-state index in [1.54, 1.807) is 7.11 Å². The Kier molecular flexibility index (Phi) is 6.60. The minimum absolute atomic E-state index is 0.113. The Hall–Kier alpha value is -0.540. The van der Waals surface area contributed by atoms with Gasteiger partial charge in [-0.05, 0) is 31.0 Å². The van der Waals surface area contributed by atoms with Crippen LogP contribution in [0.2, 0.25) is 0 Å². The van der Waals surface area contributed by atoms with Gasteiger partial charge in [0.25, 0.3) is 0 Å². The number of methoxy groups -OCH3 is 1. The monoisotopic (exact) mass is 300 g/mol. The van der Waals surface area contributed by atoms with Gasteiger partial charge in [0.2, 0.25) is 0 Å². The van der Waals surface area contributed by atoms with Crippen molar-refractivity contribution in [3.05, 3.63) is 29.8 Å². The summed E-state index contributed by atoms with van der Waals surface area (Å²) in [5, 5.41) is 0.813. The third-order valence-electron chi connectivity index (χ3n) is 2.72. The van der Waals surface area contributed by atoms with Crippen molar-refractivity contribution in [3.63, 3.8) is 0 Å². The van der Waals surface area contributed by atoms with E-state index in [-0.39, 0.29) is 6.10 Å². The van der Waals surface area contributed by atoms with Crippen molar-refractivity contribution in [2.45, 2.75) is 38.9 Å². The Bertz CT molecular complexity index is 311. The highest BCUT2D eigenvalue weighted by molar-refractivity contribution is 9.09. The van der Waals surface area contributed by atoms with E-state index in [0.717, 1.165) is 23.9 Å². The number of rotatable bonds is 7. The summed E-state index contributed by atoms with van der Waals surface area (Å²) in [4.78, 5) is 0. The molecule has 2 nitrogen and oxygen atoms in total. The minimum Gasteiger partial charge on any atom is -0.497 e. The van der Waals surface area contributed by atoms with E-state index >= 15 is 0 Å². The van der Waals surface area contributed by atoms with Crippen molar-refractivity contribution in [1.29, 1.82) is 0 Å². The molecule has 2 atom stereocenters. The first kappa shape index (κ1) is 14.5. The average Bonchev–Trinajstić information content (AvgIpc) is 2.36. The van der Waals surface area contributed by atoms with Gasteiger partial charge in [-0.1, -0.05) is 41.4 Å². The molecule has 0 N–H and O–H groups in total. The zero-order chi connectivity index (χ0) is 12.7. The lowest BCUT2D eigenvalue weighted by molar-refractivity contribution is 0.00588. The van der Waals surface area contributed by atoms with Gasteiger partial charge in [0.1, 0.15) is 5.75 Å². The van der Waals surface area contributed by atoms with Gasteiger partial charge < -0.3 is 9.47 Å². The van der Waals surface area contributed by atoms with Crippen molar-refractivity contribution in [1.82, 2.24) is 0 Å². The van der Waals surface area contributed by atoms with Gasteiger partial charge in [-0.25, -0.2) is 0 Å². The van der Waals surface area contributed by atoms with Gasteiger partial charge in [0, 0.05) is 5.33 Å². The van der Waals surface area contributed by atoms with Crippen molar-refractivity contribution >= 4 is 15.9 Å². The number of alkyl halides is 1.